The maximum absolute atomic E-state index is 13.7. The standard InChI is InChI=1S/C27H25N3O3S/c1-34-26(24(21-15-9-4-10-16-21)33-27(32)22-17-28-18-29-22)30-25(31)23(19-11-5-2-6-12-19)20-13-7-3-8-14-20/h2-18,23-24,26H,1H3,(H,28,29)(H,30,31). The van der Waals surface area contributed by atoms with Gasteiger partial charge in [0.05, 0.1) is 18.4 Å². The molecule has 2 atom stereocenters. The quantitative estimate of drug-likeness (QED) is 0.267. The number of amides is 1. The van der Waals surface area contributed by atoms with Crippen LogP contribution in [0.1, 0.15) is 39.2 Å². The van der Waals surface area contributed by atoms with E-state index in [1.807, 2.05) is 97.3 Å². The topological polar surface area (TPSA) is 84.1 Å². The van der Waals surface area contributed by atoms with E-state index in [0.29, 0.717) is 0 Å². The highest BCUT2D eigenvalue weighted by molar-refractivity contribution is 7.99. The normalized spacial score (nSPS) is 12.6. The number of ether oxygens (including phenoxy) is 1. The number of imidazole rings is 1. The number of carbonyl (C=O) groups is 2. The molecule has 4 rings (SSSR count). The van der Waals surface area contributed by atoms with Crippen LogP contribution in [0.3, 0.4) is 0 Å². The van der Waals surface area contributed by atoms with Crippen molar-refractivity contribution < 1.29 is 14.3 Å². The Morgan fingerprint density at radius 1 is 0.853 bits per heavy atom. The van der Waals surface area contributed by atoms with Gasteiger partial charge in [-0.25, -0.2) is 9.78 Å². The number of carbonyl (C=O) groups excluding carboxylic acids is 2. The number of hydrogen-bond acceptors (Lipinski definition) is 5. The summed E-state index contributed by atoms with van der Waals surface area (Å²) in [5.41, 5.74) is 2.80. The molecule has 1 aromatic heterocycles. The van der Waals surface area contributed by atoms with Gasteiger partial charge in [0.1, 0.15) is 11.1 Å². The first-order chi connectivity index (χ1) is 16.7. The Labute approximate surface area is 202 Å². The molecular formula is C27H25N3O3S. The van der Waals surface area contributed by atoms with Crippen LogP contribution < -0.4 is 5.32 Å². The van der Waals surface area contributed by atoms with E-state index >= 15 is 0 Å². The van der Waals surface area contributed by atoms with Crippen molar-refractivity contribution in [2.75, 3.05) is 6.26 Å². The van der Waals surface area contributed by atoms with Gasteiger partial charge in [0, 0.05) is 0 Å². The minimum Gasteiger partial charge on any atom is -0.450 e. The molecule has 6 nitrogen and oxygen atoms in total. The molecule has 0 saturated carbocycles. The molecule has 4 aromatic rings. The number of aromatic amines is 1. The largest absolute Gasteiger partial charge is 0.450 e. The van der Waals surface area contributed by atoms with Gasteiger partial charge in [0.2, 0.25) is 5.91 Å². The van der Waals surface area contributed by atoms with Crippen molar-refractivity contribution in [2.45, 2.75) is 17.4 Å². The summed E-state index contributed by atoms with van der Waals surface area (Å²) < 4.78 is 5.88. The molecular weight excluding hydrogens is 446 g/mol. The first kappa shape index (κ1) is 23.3. The molecule has 1 heterocycles. The summed E-state index contributed by atoms with van der Waals surface area (Å²) in [6.45, 7) is 0. The van der Waals surface area contributed by atoms with Crippen LogP contribution in [0, 0.1) is 0 Å². The van der Waals surface area contributed by atoms with Crippen LogP contribution in [0.25, 0.3) is 0 Å². The average molecular weight is 472 g/mol. The maximum Gasteiger partial charge on any atom is 0.357 e. The predicted octanol–water partition coefficient (Wildman–Crippen LogP) is 4.95. The maximum atomic E-state index is 13.7. The lowest BCUT2D eigenvalue weighted by Gasteiger charge is -2.29. The van der Waals surface area contributed by atoms with Gasteiger partial charge in [-0.3, -0.25) is 4.79 Å². The molecule has 1 amide bonds. The van der Waals surface area contributed by atoms with E-state index in [4.69, 9.17) is 4.74 Å². The zero-order valence-electron chi connectivity index (χ0n) is 18.6. The predicted molar refractivity (Wildman–Crippen MR) is 133 cm³/mol. The Morgan fingerprint density at radius 2 is 1.38 bits per heavy atom. The van der Waals surface area contributed by atoms with Crippen LogP contribution in [0.4, 0.5) is 0 Å². The van der Waals surface area contributed by atoms with E-state index in [0.717, 1.165) is 16.7 Å². The molecule has 0 spiro atoms. The second kappa shape index (κ2) is 11.3. The van der Waals surface area contributed by atoms with Crippen LogP contribution in [0.2, 0.25) is 0 Å². The van der Waals surface area contributed by atoms with Crippen LogP contribution in [-0.2, 0) is 9.53 Å². The fraction of sp³-hybridized carbons (Fsp3) is 0.148. The molecule has 0 radical (unpaired) electrons. The summed E-state index contributed by atoms with van der Waals surface area (Å²) in [4.78, 5) is 33.1. The van der Waals surface area contributed by atoms with E-state index in [1.54, 1.807) is 0 Å². The highest BCUT2D eigenvalue weighted by Gasteiger charge is 2.32. The number of esters is 1. The second-order valence-corrected chi connectivity index (χ2v) is 8.60. The molecule has 3 aromatic carbocycles. The highest BCUT2D eigenvalue weighted by Crippen LogP contribution is 2.31. The van der Waals surface area contributed by atoms with Crippen molar-refractivity contribution >= 4 is 23.6 Å². The third-order valence-electron chi connectivity index (χ3n) is 5.42. The number of H-pyrrole nitrogens is 1. The number of nitrogens with one attached hydrogen (secondary N) is 2. The van der Waals surface area contributed by atoms with Crippen LogP contribution >= 0.6 is 11.8 Å². The van der Waals surface area contributed by atoms with E-state index in [1.165, 1.54) is 24.3 Å². The fourth-order valence-corrected chi connectivity index (χ4v) is 4.46. The number of hydrogen-bond donors (Lipinski definition) is 2. The Hall–Kier alpha value is -3.84. The van der Waals surface area contributed by atoms with E-state index in [2.05, 4.69) is 15.3 Å². The lowest BCUT2D eigenvalue weighted by molar-refractivity contribution is -0.122. The van der Waals surface area contributed by atoms with E-state index in [9.17, 15) is 9.59 Å². The number of nitrogens with zero attached hydrogens (tertiary/aromatic N) is 1. The SMILES string of the molecule is CSC(NC(=O)C(c1ccccc1)c1ccccc1)C(OC(=O)c1cnc[nH]1)c1ccccc1. The summed E-state index contributed by atoms with van der Waals surface area (Å²) in [5.74, 6) is -1.21. The fourth-order valence-electron chi connectivity index (χ4n) is 3.76. The Morgan fingerprint density at radius 3 is 1.85 bits per heavy atom. The van der Waals surface area contributed by atoms with Gasteiger partial charge < -0.3 is 15.0 Å². The van der Waals surface area contributed by atoms with Gasteiger partial charge in [-0.2, -0.15) is 0 Å². The van der Waals surface area contributed by atoms with Crippen molar-refractivity contribution in [2.24, 2.45) is 0 Å². The Bertz CT molecular complexity index is 1150. The molecule has 172 valence electrons. The van der Waals surface area contributed by atoms with Gasteiger partial charge in [0.25, 0.3) is 0 Å². The zero-order valence-corrected chi connectivity index (χ0v) is 19.4. The summed E-state index contributed by atoms with van der Waals surface area (Å²) in [6, 6.07) is 28.7. The average Bonchev–Trinajstić information content (AvgIpc) is 3.43. The highest BCUT2D eigenvalue weighted by atomic mass is 32.2. The van der Waals surface area contributed by atoms with Gasteiger partial charge in [-0.1, -0.05) is 91.0 Å². The van der Waals surface area contributed by atoms with Crippen LogP contribution in [0.5, 0.6) is 0 Å². The first-order valence-corrected chi connectivity index (χ1v) is 12.1. The monoisotopic (exact) mass is 471 g/mol. The van der Waals surface area contributed by atoms with E-state index < -0.39 is 23.4 Å². The van der Waals surface area contributed by atoms with Gasteiger partial charge in [-0.05, 0) is 22.9 Å². The summed E-state index contributed by atoms with van der Waals surface area (Å²) >= 11 is 1.41. The lowest BCUT2D eigenvalue weighted by Crippen LogP contribution is -2.41. The molecule has 0 aliphatic rings. The van der Waals surface area contributed by atoms with Crippen molar-refractivity contribution in [3.05, 3.63) is 126 Å². The van der Waals surface area contributed by atoms with Crippen LogP contribution in [0.15, 0.2) is 104 Å². The first-order valence-electron chi connectivity index (χ1n) is 10.8. The van der Waals surface area contributed by atoms with Crippen molar-refractivity contribution in [1.29, 1.82) is 0 Å². The summed E-state index contributed by atoms with van der Waals surface area (Å²) in [6.07, 6.45) is 4.01. The molecule has 2 unspecified atom stereocenters. The lowest BCUT2D eigenvalue weighted by atomic mass is 9.90. The van der Waals surface area contributed by atoms with Crippen molar-refractivity contribution in [1.82, 2.24) is 15.3 Å². The minimum absolute atomic E-state index is 0.171. The van der Waals surface area contributed by atoms with Crippen LogP contribution in [-0.4, -0.2) is 33.5 Å². The number of aromatic nitrogens is 2. The van der Waals surface area contributed by atoms with Gasteiger partial charge in [-0.15, -0.1) is 11.8 Å². The third kappa shape index (κ3) is 5.55. The van der Waals surface area contributed by atoms with Crippen molar-refractivity contribution in [3.63, 3.8) is 0 Å². The van der Waals surface area contributed by atoms with Gasteiger partial charge >= 0.3 is 5.97 Å². The van der Waals surface area contributed by atoms with E-state index in [-0.39, 0.29) is 11.6 Å². The Balaban J connectivity index is 1.63. The zero-order chi connectivity index (χ0) is 23.8. The molecule has 0 fully saturated rings. The molecule has 7 heteroatoms. The number of thioether (sulfide) groups is 1. The summed E-state index contributed by atoms with van der Waals surface area (Å²) in [7, 11) is 0. The molecule has 2 N–H and O–H groups in total. The molecule has 0 saturated heterocycles. The molecule has 0 aliphatic heterocycles. The summed E-state index contributed by atoms with van der Waals surface area (Å²) in [5, 5.41) is 2.62. The third-order valence-corrected chi connectivity index (χ3v) is 6.29. The molecule has 34 heavy (non-hydrogen) atoms. The molecule has 0 bridgehead atoms. The van der Waals surface area contributed by atoms with Gasteiger partial charge in [0.15, 0.2) is 6.10 Å². The minimum atomic E-state index is -0.705. The number of benzene rings is 3. The van der Waals surface area contributed by atoms with Crippen molar-refractivity contribution in [3.8, 4) is 0 Å². The number of rotatable bonds is 9. The smallest absolute Gasteiger partial charge is 0.357 e. The molecule has 0 aliphatic carbocycles. The second-order valence-electron chi connectivity index (χ2n) is 7.62. The Kier molecular flexibility index (Phi) is 7.78.